The first kappa shape index (κ1) is 18.0. The van der Waals surface area contributed by atoms with Crippen molar-refractivity contribution < 1.29 is 4.79 Å². The SMILES string of the molecule is Cc1c(C)n(Cc2ccccc2)c2ccc(C(=O)NCc3cnn(C)c3)cc12. The topological polar surface area (TPSA) is 51.9 Å². The Morgan fingerprint density at radius 3 is 2.57 bits per heavy atom. The number of amides is 1. The molecule has 2 aromatic carbocycles. The van der Waals surface area contributed by atoms with E-state index in [-0.39, 0.29) is 5.91 Å². The molecule has 5 nitrogen and oxygen atoms in total. The highest BCUT2D eigenvalue weighted by atomic mass is 16.1. The number of fused-ring (bicyclic) bond motifs is 1. The standard InChI is InChI=1S/C23H24N4O/c1-16-17(2)27(15-18-7-5-4-6-8-18)22-10-9-20(11-21(16)22)23(28)24-12-19-13-25-26(3)14-19/h4-11,13-14H,12,15H2,1-3H3,(H,24,28). The second-order valence-electron chi connectivity index (χ2n) is 7.22. The van der Waals surface area contributed by atoms with Crippen LogP contribution in [0.25, 0.3) is 10.9 Å². The molecule has 0 atom stereocenters. The van der Waals surface area contributed by atoms with Gasteiger partial charge in [-0.15, -0.1) is 0 Å². The molecular formula is C23H24N4O. The van der Waals surface area contributed by atoms with Gasteiger partial charge in [-0.3, -0.25) is 9.48 Å². The van der Waals surface area contributed by atoms with Crippen molar-refractivity contribution in [2.24, 2.45) is 7.05 Å². The van der Waals surface area contributed by atoms with E-state index < -0.39 is 0 Å². The van der Waals surface area contributed by atoms with Gasteiger partial charge in [-0.05, 0) is 43.2 Å². The van der Waals surface area contributed by atoms with Gasteiger partial charge >= 0.3 is 0 Å². The molecule has 142 valence electrons. The van der Waals surface area contributed by atoms with Crippen LogP contribution in [-0.4, -0.2) is 20.3 Å². The molecule has 0 radical (unpaired) electrons. The van der Waals surface area contributed by atoms with E-state index in [0.717, 1.165) is 23.0 Å². The van der Waals surface area contributed by atoms with Crippen LogP contribution in [0.15, 0.2) is 60.9 Å². The second-order valence-corrected chi connectivity index (χ2v) is 7.22. The van der Waals surface area contributed by atoms with Crippen LogP contribution in [0.5, 0.6) is 0 Å². The third-order valence-corrected chi connectivity index (χ3v) is 5.30. The van der Waals surface area contributed by atoms with Crippen LogP contribution in [0.4, 0.5) is 0 Å². The van der Waals surface area contributed by atoms with E-state index in [2.05, 4.69) is 59.2 Å². The summed E-state index contributed by atoms with van der Waals surface area (Å²) in [6.45, 7) is 5.55. The first-order valence-corrected chi connectivity index (χ1v) is 9.42. The van der Waals surface area contributed by atoms with Gasteiger partial charge in [-0.1, -0.05) is 30.3 Å². The number of benzene rings is 2. The smallest absolute Gasteiger partial charge is 0.251 e. The predicted molar refractivity (Wildman–Crippen MR) is 111 cm³/mol. The Kier molecular flexibility index (Phi) is 4.74. The fourth-order valence-corrected chi connectivity index (χ4v) is 3.61. The summed E-state index contributed by atoms with van der Waals surface area (Å²) in [5, 5.41) is 8.23. The predicted octanol–water partition coefficient (Wildman–Crippen LogP) is 3.97. The maximum Gasteiger partial charge on any atom is 0.251 e. The molecule has 0 saturated carbocycles. The highest BCUT2D eigenvalue weighted by Gasteiger charge is 2.14. The third kappa shape index (κ3) is 3.43. The molecule has 2 aromatic heterocycles. The summed E-state index contributed by atoms with van der Waals surface area (Å²) >= 11 is 0. The fraction of sp³-hybridized carbons (Fsp3) is 0.217. The highest BCUT2D eigenvalue weighted by Crippen LogP contribution is 2.27. The van der Waals surface area contributed by atoms with Crippen molar-refractivity contribution in [1.82, 2.24) is 19.7 Å². The van der Waals surface area contributed by atoms with E-state index >= 15 is 0 Å². The highest BCUT2D eigenvalue weighted by molar-refractivity contribution is 5.99. The van der Waals surface area contributed by atoms with Crippen molar-refractivity contribution in [2.75, 3.05) is 0 Å². The van der Waals surface area contributed by atoms with E-state index in [4.69, 9.17) is 0 Å². The molecule has 0 aliphatic heterocycles. The van der Waals surface area contributed by atoms with Crippen LogP contribution < -0.4 is 5.32 Å². The molecule has 0 unspecified atom stereocenters. The second kappa shape index (κ2) is 7.35. The Hall–Kier alpha value is -3.34. The molecule has 5 heteroatoms. The first-order chi connectivity index (χ1) is 13.5. The maximum atomic E-state index is 12.6. The van der Waals surface area contributed by atoms with Gasteiger partial charge in [0.1, 0.15) is 0 Å². The van der Waals surface area contributed by atoms with Gasteiger partial charge in [0, 0.05) is 54.1 Å². The van der Waals surface area contributed by atoms with Crippen molar-refractivity contribution in [3.05, 3.63) is 88.9 Å². The number of rotatable bonds is 5. The molecular weight excluding hydrogens is 348 g/mol. The van der Waals surface area contributed by atoms with Crippen LogP contribution in [0.1, 0.15) is 32.7 Å². The number of nitrogens with one attached hydrogen (secondary N) is 1. The summed E-state index contributed by atoms with van der Waals surface area (Å²) in [6, 6.07) is 16.4. The van der Waals surface area contributed by atoms with Crippen LogP contribution in [0.2, 0.25) is 0 Å². The van der Waals surface area contributed by atoms with Crippen molar-refractivity contribution in [3.8, 4) is 0 Å². The zero-order valence-corrected chi connectivity index (χ0v) is 16.4. The van der Waals surface area contributed by atoms with Crippen molar-refractivity contribution in [1.29, 1.82) is 0 Å². The van der Waals surface area contributed by atoms with E-state index in [1.54, 1.807) is 10.9 Å². The Bertz CT molecular complexity index is 1140. The molecule has 0 aliphatic rings. The Morgan fingerprint density at radius 1 is 1.07 bits per heavy atom. The average molecular weight is 372 g/mol. The quantitative estimate of drug-likeness (QED) is 0.576. The molecule has 0 aliphatic carbocycles. The molecule has 1 N–H and O–H groups in total. The Labute approximate surface area is 164 Å². The molecule has 4 aromatic rings. The number of nitrogens with zero attached hydrogens (tertiary/aromatic N) is 3. The average Bonchev–Trinajstić information content (AvgIpc) is 3.23. The van der Waals surface area contributed by atoms with Gasteiger partial charge in [0.05, 0.1) is 6.20 Å². The van der Waals surface area contributed by atoms with E-state index in [1.807, 2.05) is 31.4 Å². The van der Waals surface area contributed by atoms with Crippen molar-refractivity contribution in [2.45, 2.75) is 26.9 Å². The lowest BCUT2D eigenvalue weighted by Gasteiger charge is -2.09. The number of hydrogen-bond acceptors (Lipinski definition) is 2. The lowest BCUT2D eigenvalue weighted by molar-refractivity contribution is 0.0951. The summed E-state index contributed by atoms with van der Waals surface area (Å²) in [7, 11) is 1.87. The zero-order valence-electron chi connectivity index (χ0n) is 16.4. The van der Waals surface area contributed by atoms with E-state index in [0.29, 0.717) is 12.1 Å². The summed E-state index contributed by atoms with van der Waals surface area (Å²) in [6.07, 6.45) is 3.67. The van der Waals surface area contributed by atoms with Gasteiger partial charge in [0.25, 0.3) is 5.91 Å². The molecule has 2 heterocycles. The lowest BCUT2D eigenvalue weighted by atomic mass is 10.1. The normalized spacial score (nSPS) is 11.1. The van der Waals surface area contributed by atoms with Crippen LogP contribution >= 0.6 is 0 Å². The van der Waals surface area contributed by atoms with Crippen molar-refractivity contribution >= 4 is 16.8 Å². The van der Waals surface area contributed by atoms with Gasteiger partial charge < -0.3 is 9.88 Å². The molecule has 28 heavy (non-hydrogen) atoms. The minimum atomic E-state index is -0.0707. The summed E-state index contributed by atoms with van der Waals surface area (Å²) < 4.78 is 4.05. The summed E-state index contributed by atoms with van der Waals surface area (Å²) in [4.78, 5) is 12.6. The van der Waals surface area contributed by atoms with Gasteiger partial charge in [0.2, 0.25) is 0 Å². The van der Waals surface area contributed by atoms with Crippen LogP contribution in [0.3, 0.4) is 0 Å². The monoisotopic (exact) mass is 372 g/mol. The van der Waals surface area contributed by atoms with Gasteiger partial charge in [-0.2, -0.15) is 5.10 Å². The fourth-order valence-electron chi connectivity index (χ4n) is 3.61. The maximum absolute atomic E-state index is 12.6. The summed E-state index contributed by atoms with van der Waals surface area (Å²) in [5.41, 5.74) is 6.53. The Morgan fingerprint density at radius 2 is 1.86 bits per heavy atom. The van der Waals surface area contributed by atoms with Gasteiger partial charge in [-0.25, -0.2) is 0 Å². The molecule has 4 rings (SSSR count). The number of aromatic nitrogens is 3. The minimum Gasteiger partial charge on any atom is -0.348 e. The minimum absolute atomic E-state index is 0.0707. The van der Waals surface area contributed by atoms with Crippen molar-refractivity contribution in [3.63, 3.8) is 0 Å². The largest absolute Gasteiger partial charge is 0.348 e. The molecule has 0 spiro atoms. The van der Waals surface area contributed by atoms with Gasteiger partial charge in [0.15, 0.2) is 0 Å². The number of aryl methyl sites for hydroxylation is 2. The van der Waals surface area contributed by atoms with Crippen LogP contribution in [0, 0.1) is 13.8 Å². The summed E-state index contributed by atoms with van der Waals surface area (Å²) in [5.74, 6) is -0.0707. The third-order valence-electron chi connectivity index (χ3n) is 5.30. The molecule has 1 amide bonds. The molecule has 0 bridgehead atoms. The zero-order chi connectivity index (χ0) is 19.7. The number of hydrogen-bond donors (Lipinski definition) is 1. The van der Waals surface area contributed by atoms with E-state index in [9.17, 15) is 4.79 Å². The number of carbonyl (C=O) groups excluding carboxylic acids is 1. The van der Waals surface area contributed by atoms with E-state index in [1.165, 1.54) is 16.8 Å². The first-order valence-electron chi connectivity index (χ1n) is 9.42. The number of carbonyl (C=O) groups is 1. The van der Waals surface area contributed by atoms with Crippen LogP contribution in [-0.2, 0) is 20.1 Å². The molecule has 0 saturated heterocycles. The Balaban J connectivity index is 1.60. The molecule has 0 fully saturated rings. The lowest BCUT2D eigenvalue weighted by Crippen LogP contribution is -2.22.